The molecule has 0 radical (unpaired) electrons. The maximum absolute atomic E-state index is 11.5. The van der Waals surface area contributed by atoms with E-state index >= 15 is 0 Å². The Labute approximate surface area is 106 Å². The molecular formula is C10H14N2O7. The Bertz CT molecular complexity index is 553. The Morgan fingerprint density at radius 3 is 2.63 bits per heavy atom. The first kappa shape index (κ1) is 13.9. The molecule has 1 aliphatic heterocycles. The summed E-state index contributed by atoms with van der Waals surface area (Å²) >= 11 is 0. The van der Waals surface area contributed by atoms with Gasteiger partial charge in [-0.15, -0.1) is 0 Å². The van der Waals surface area contributed by atoms with Gasteiger partial charge in [-0.1, -0.05) is 0 Å². The van der Waals surface area contributed by atoms with Gasteiger partial charge in [-0.2, -0.15) is 0 Å². The Balaban J connectivity index is 2.31. The van der Waals surface area contributed by atoms with E-state index in [1.54, 1.807) is 0 Å². The second-order valence-corrected chi connectivity index (χ2v) is 4.24. The fourth-order valence-electron chi connectivity index (χ4n) is 1.97. The number of rotatable bonds is 3. The van der Waals surface area contributed by atoms with Gasteiger partial charge in [-0.3, -0.25) is 14.3 Å². The molecule has 1 fully saturated rings. The molecule has 2 heterocycles. The molecule has 1 aromatic heterocycles. The molecule has 5 N–H and O–H groups in total. The summed E-state index contributed by atoms with van der Waals surface area (Å²) < 4.78 is 6.06. The van der Waals surface area contributed by atoms with E-state index in [9.17, 15) is 24.9 Å². The molecule has 1 aromatic rings. The van der Waals surface area contributed by atoms with Crippen LogP contribution in [0.3, 0.4) is 0 Å². The first-order valence-electron chi connectivity index (χ1n) is 5.57. The van der Waals surface area contributed by atoms with Gasteiger partial charge in [0.05, 0.1) is 6.61 Å². The maximum Gasteiger partial charge on any atom is 0.330 e. The highest BCUT2D eigenvalue weighted by molar-refractivity contribution is 4.95. The standard InChI is InChI=1S/C10H14N2O7/c13-3-4(14)8-6(16)7(17)9(19-8)12-2-1-5(15)11-10(12)18/h1-2,4,6-9,13-14,16-17H,3H2,(H,11,15,18)/t4-,6+,7-,8+,9-/m1/s1. The fourth-order valence-corrected chi connectivity index (χ4v) is 1.97. The van der Waals surface area contributed by atoms with Crippen LogP contribution in [0, 0.1) is 0 Å². The smallest absolute Gasteiger partial charge is 0.330 e. The summed E-state index contributed by atoms with van der Waals surface area (Å²) in [5.74, 6) is 0. The first-order valence-corrected chi connectivity index (χ1v) is 5.57. The maximum atomic E-state index is 11.5. The van der Waals surface area contributed by atoms with Gasteiger partial charge in [0.15, 0.2) is 6.23 Å². The molecule has 9 nitrogen and oxygen atoms in total. The van der Waals surface area contributed by atoms with E-state index in [0.29, 0.717) is 0 Å². The molecule has 0 bridgehead atoms. The molecule has 0 spiro atoms. The third kappa shape index (κ3) is 2.46. The molecule has 1 aliphatic rings. The van der Waals surface area contributed by atoms with Gasteiger partial charge in [0.2, 0.25) is 0 Å². The molecule has 0 aliphatic carbocycles. The van der Waals surface area contributed by atoms with Crippen molar-refractivity contribution in [1.82, 2.24) is 9.55 Å². The molecule has 9 heteroatoms. The van der Waals surface area contributed by atoms with Crippen LogP contribution in [0.25, 0.3) is 0 Å². The Hall–Kier alpha value is -1.52. The van der Waals surface area contributed by atoms with Crippen molar-refractivity contribution < 1.29 is 25.2 Å². The average molecular weight is 274 g/mol. The number of aromatic amines is 1. The predicted molar refractivity (Wildman–Crippen MR) is 60.3 cm³/mol. The second kappa shape index (κ2) is 5.23. The third-order valence-electron chi connectivity index (χ3n) is 2.97. The highest BCUT2D eigenvalue weighted by Crippen LogP contribution is 2.29. The fraction of sp³-hybridized carbons (Fsp3) is 0.600. The number of aliphatic hydroxyl groups is 4. The van der Waals surface area contributed by atoms with Crippen LogP contribution in [-0.4, -0.2) is 61.0 Å². The van der Waals surface area contributed by atoms with E-state index in [4.69, 9.17) is 9.84 Å². The van der Waals surface area contributed by atoms with Crippen molar-refractivity contribution in [3.05, 3.63) is 33.1 Å². The van der Waals surface area contributed by atoms with Crippen molar-refractivity contribution in [2.24, 2.45) is 0 Å². The minimum Gasteiger partial charge on any atom is -0.394 e. The summed E-state index contributed by atoms with van der Waals surface area (Å²) in [6.45, 7) is -0.665. The van der Waals surface area contributed by atoms with E-state index < -0.39 is 48.5 Å². The molecule has 0 amide bonds. The number of ether oxygens (including phenoxy) is 1. The molecule has 0 saturated carbocycles. The van der Waals surface area contributed by atoms with Crippen molar-refractivity contribution in [3.63, 3.8) is 0 Å². The van der Waals surface area contributed by atoms with Crippen LogP contribution in [0.4, 0.5) is 0 Å². The molecule has 2 rings (SSSR count). The zero-order valence-corrected chi connectivity index (χ0v) is 9.71. The van der Waals surface area contributed by atoms with Crippen LogP contribution in [0.2, 0.25) is 0 Å². The van der Waals surface area contributed by atoms with E-state index in [-0.39, 0.29) is 0 Å². The van der Waals surface area contributed by atoms with E-state index in [1.165, 1.54) is 0 Å². The van der Waals surface area contributed by atoms with Crippen LogP contribution >= 0.6 is 0 Å². The highest BCUT2D eigenvalue weighted by Gasteiger charge is 2.46. The van der Waals surface area contributed by atoms with Crippen molar-refractivity contribution >= 4 is 0 Å². The van der Waals surface area contributed by atoms with Crippen LogP contribution in [0.5, 0.6) is 0 Å². The number of aromatic nitrogens is 2. The van der Waals surface area contributed by atoms with Gasteiger partial charge in [0.25, 0.3) is 5.56 Å². The quantitative estimate of drug-likeness (QED) is 0.384. The lowest BCUT2D eigenvalue weighted by Crippen LogP contribution is -2.40. The molecule has 0 unspecified atom stereocenters. The monoisotopic (exact) mass is 274 g/mol. The number of nitrogens with zero attached hydrogens (tertiary/aromatic N) is 1. The lowest BCUT2D eigenvalue weighted by Gasteiger charge is -2.18. The summed E-state index contributed by atoms with van der Waals surface area (Å²) in [4.78, 5) is 24.5. The van der Waals surface area contributed by atoms with Crippen LogP contribution in [0.15, 0.2) is 21.9 Å². The van der Waals surface area contributed by atoms with E-state index in [1.807, 2.05) is 4.98 Å². The topological polar surface area (TPSA) is 145 Å². The summed E-state index contributed by atoms with van der Waals surface area (Å²) in [5, 5.41) is 37.7. The summed E-state index contributed by atoms with van der Waals surface area (Å²) in [7, 11) is 0. The summed E-state index contributed by atoms with van der Waals surface area (Å²) in [5.41, 5.74) is -1.43. The third-order valence-corrected chi connectivity index (χ3v) is 2.97. The SMILES string of the molecule is O=c1ccn([C@@H]2O[C@@H]([C@H](O)CO)[C@@H](O)[C@H]2O)c(=O)[nH]1. The molecule has 5 atom stereocenters. The largest absolute Gasteiger partial charge is 0.394 e. The number of hydrogen-bond donors (Lipinski definition) is 5. The number of nitrogens with one attached hydrogen (secondary N) is 1. The Morgan fingerprint density at radius 2 is 2.05 bits per heavy atom. The molecule has 106 valence electrons. The lowest BCUT2D eigenvalue weighted by atomic mass is 10.1. The van der Waals surface area contributed by atoms with Crippen LogP contribution in [0.1, 0.15) is 6.23 Å². The molecule has 1 saturated heterocycles. The minimum absolute atomic E-state index is 0.610. The Morgan fingerprint density at radius 1 is 1.37 bits per heavy atom. The molecule has 19 heavy (non-hydrogen) atoms. The van der Waals surface area contributed by atoms with Crippen molar-refractivity contribution in [1.29, 1.82) is 0 Å². The van der Waals surface area contributed by atoms with Gasteiger partial charge < -0.3 is 25.2 Å². The molecular weight excluding hydrogens is 260 g/mol. The van der Waals surface area contributed by atoms with Crippen molar-refractivity contribution in [2.75, 3.05) is 6.61 Å². The van der Waals surface area contributed by atoms with Gasteiger partial charge in [-0.05, 0) is 0 Å². The lowest BCUT2D eigenvalue weighted by molar-refractivity contribution is -0.0982. The predicted octanol–water partition coefficient (Wildman–Crippen LogP) is -3.49. The summed E-state index contributed by atoms with van der Waals surface area (Å²) in [6.07, 6.45) is -5.72. The normalized spacial score (nSPS) is 32.4. The molecule has 0 aromatic carbocycles. The van der Waals surface area contributed by atoms with Gasteiger partial charge in [0, 0.05) is 12.3 Å². The van der Waals surface area contributed by atoms with Crippen LogP contribution < -0.4 is 11.2 Å². The minimum atomic E-state index is -1.48. The van der Waals surface area contributed by atoms with Crippen LogP contribution in [-0.2, 0) is 4.74 Å². The van der Waals surface area contributed by atoms with Gasteiger partial charge >= 0.3 is 5.69 Å². The van der Waals surface area contributed by atoms with Gasteiger partial charge in [-0.25, -0.2) is 4.79 Å². The summed E-state index contributed by atoms with van der Waals surface area (Å²) in [6, 6.07) is 1.06. The number of H-pyrrole nitrogens is 1. The van der Waals surface area contributed by atoms with E-state index in [0.717, 1.165) is 16.8 Å². The zero-order chi connectivity index (χ0) is 14.2. The van der Waals surface area contributed by atoms with Gasteiger partial charge in [0.1, 0.15) is 24.4 Å². The zero-order valence-electron chi connectivity index (χ0n) is 9.71. The first-order chi connectivity index (χ1) is 8.95. The number of aliphatic hydroxyl groups excluding tert-OH is 4. The second-order valence-electron chi connectivity index (χ2n) is 4.24. The van der Waals surface area contributed by atoms with E-state index in [2.05, 4.69) is 0 Å². The van der Waals surface area contributed by atoms with Crippen molar-refractivity contribution in [2.45, 2.75) is 30.6 Å². The average Bonchev–Trinajstić information content (AvgIpc) is 2.66. The Kier molecular flexibility index (Phi) is 3.83. The van der Waals surface area contributed by atoms with Crippen molar-refractivity contribution in [3.8, 4) is 0 Å². The number of hydrogen-bond acceptors (Lipinski definition) is 7. The highest BCUT2D eigenvalue weighted by atomic mass is 16.6.